The third-order valence-electron chi connectivity index (χ3n) is 1.92. The molecule has 4 nitrogen and oxygen atoms in total. The van der Waals surface area contributed by atoms with E-state index in [1.807, 2.05) is 0 Å². The van der Waals surface area contributed by atoms with E-state index in [2.05, 4.69) is 4.74 Å². The highest BCUT2D eigenvalue weighted by Crippen LogP contribution is 2.17. The van der Waals surface area contributed by atoms with E-state index in [1.165, 1.54) is 12.1 Å². The molecule has 0 spiro atoms. The SMILES string of the molecule is COC(=O)C(C(N)=O)c1ccc(F)cc1. The molecule has 5 heteroatoms. The van der Waals surface area contributed by atoms with Crippen LogP contribution in [0, 0.1) is 5.82 Å². The van der Waals surface area contributed by atoms with Crippen molar-refractivity contribution in [2.24, 2.45) is 5.73 Å². The number of benzene rings is 1. The van der Waals surface area contributed by atoms with Gasteiger partial charge < -0.3 is 10.5 Å². The highest BCUT2D eigenvalue weighted by molar-refractivity contribution is 6.02. The lowest BCUT2D eigenvalue weighted by Crippen LogP contribution is -2.29. The van der Waals surface area contributed by atoms with E-state index in [4.69, 9.17) is 5.73 Å². The van der Waals surface area contributed by atoms with Gasteiger partial charge in [-0.3, -0.25) is 9.59 Å². The quantitative estimate of drug-likeness (QED) is 0.587. The average molecular weight is 211 g/mol. The summed E-state index contributed by atoms with van der Waals surface area (Å²) in [6.45, 7) is 0. The molecule has 0 radical (unpaired) electrons. The zero-order chi connectivity index (χ0) is 11.4. The van der Waals surface area contributed by atoms with Crippen molar-refractivity contribution in [1.29, 1.82) is 0 Å². The number of methoxy groups -OCH3 is 1. The van der Waals surface area contributed by atoms with Crippen LogP contribution >= 0.6 is 0 Å². The molecule has 2 N–H and O–H groups in total. The van der Waals surface area contributed by atoms with Crippen molar-refractivity contribution in [2.45, 2.75) is 5.92 Å². The van der Waals surface area contributed by atoms with Crippen molar-refractivity contribution >= 4 is 11.9 Å². The highest BCUT2D eigenvalue weighted by Gasteiger charge is 2.27. The molecule has 0 aliphatic rings. The van der Waals surface area contributed by atoms with Crippen LogP contribution in [0.25, 0.3) is 0 Å². The maximum Gasteiger partial charge on any atom is 0.322 e. The molecule has 0 heterocycles. The lowest BCUT2D eigenvalue weighted by atomic mass is 9.99. The van der Waals surface area contributed by atoms with Gasteiger partial charge in [0.25, 0.3) is 0 Å². The Bertz CT molecular complexity index is 375. The second-order valence-electron chi connectivity index (χ2n) is 2.91. The lowest BCUT2D eigenvalue weighted by Gasteiger charge is -2.10. The van der Waals surface area contributed by atoms with Crippen LogP contribution in [0.1, 0.15) is 11.5 Å². The fourth-order valence-electron chi connectivity index (χ4n) is 1.19. The van der Waals surface area contributed by atoms with Crippen molar-refractivity contribution in [2.75, 3.05) is 7.11 Å². The monoisotopic (exact) mass is 211 g/mol. The Morgan fingerprint density at radius 1 is 1.33 bits per heavy atom. The second kappa shape index (κ2) is 4.54. The number of esters is 1. The molecular weight excluding hydrogens is 201 g/mol. The number of rotatable bonds is 3. The molecule has 80 valence electrons. The van der Waals surface area contributed by atoms with Crippen LogP contribution in [0.15, 0.2) is 24.3 Å². The van der Waals surface area contributed by atoms with Gasteiger partial charge in [-0.05, 0) is 17.7 Å². The summed E-state index contributed by atoms with van der Waals surface area (Å²) in [6.07, 6.45) is 0. The van der Waals surface area contributed by atoms with E-state index >= 15 is 0 Å². The molecule has 1 unspecified atom stereocenters. The molecule has 1 rings (SSSR count). The molecule has 1 amide bonds. The lowest BCUT2D eigenvalue weighted by molar-refractivity contribution is -0.145. The number of carbonyl (C=O) groups is 2. The summed E-state index contributed by atoms with van der Waals surface area (Å²) >= 11 is 0. The maximum atomic E-state index is 12.6. The standard InChI is InChI=1S/C10H10FNO3/c1-15-10(14)8(9(12)13)6-2-4-7(11)5-3-6/h2-5,8H,1H3,(H2,12,13). The van der Waals surface area contributed by atoms with E-state index in [-0.39, 0.29) is 0 Å². The van der Waals surface area contributed by atoms with E-state index in [1.54, 1.807) is 0 Å². The molecule has 0 saturated carbocycles. The topological polar surface area (TPSA) is 69.4 Å². The van der Waals surface area contributed by atoms with Gasteiger partial charge in [-0.2, -0.15) is 0 Å². The second-order valence-corrected chi connectivity index (χ2v) is 2.91. The van der Waals surface area contributed by atoms with Crippen molar-refractivity contribution in [3.63, 3.8) is 0 Å². The summed E-state index contributed by atoms with van der Waals surface area (Å²) in [7, 11) is 1.15. The number of nitrogens with two attached hydrogens (primary N) is 1. The third kappa shape index (κ3) is 2.52. The van der Waals surface area contributed by atoms with E-state index in [0.717, 1.165) is 19.2 Å². The first-order valence-electron chi connectivity index (χ1n) is 4.19. The summed E-state index contributed by atoms with van der Waals surface area (Å²) in [4.78, 5) is 22.2. The number of amides is 1. The van der Waals surface area contributed by atoms with Crippen molar-refractivity contribution < 1.29 is 18.7 Å². The van der Waals surface area contributed by atoms with Gasteiger partial charge in [-0.15, -0.1) is 0 Å². The maximum absolute atomic E-state index is 12.6. The summed E-state index contributed by atoms with van der Waals surface area (Å²) in [6, 6.07) is 4.94. The van der Waals surface area contributed by atoms with Gasteiger partial charge in [0.2, 0.25) is 5.91 Å². The average Bonchev–Trinajstić information content (AvgIpc) is 2.20. The molecule has 15 heavy (non-hydrogen) atoms. The number of ether oxygens (including phenoxy) is 1. The fraction of sp³-hybridized carbons (Fsp3) is 0.200. The Hall–Kier alpha value is -1.91. The molecule has 1 aromatic carbocycles. The minimum absolute atomic E-state index is 0.316. The van der Waals surface area contributed by atoms with Gasteiger partial charge >= 0.3 is 5.97 Å². The van der Waals surface area contributed by atoms with Gasteiger partial charge in [0.1, 0.15) is 5.82 Å². The summed E-state index contributed by atoms with van der Waals surface area (Å²) in [5.41, 5.74) is 5.37. The molecule has 1 atom stereocenters. The van der Waals surface area contributed by atoms with E-state index in [9.17, 15) is 14.0 Å². The molecule has 0 aliphatic carbocycles. The van der Waals surface area contributed by atoms with Crippen LogP contribution in [0.5, 0.6) is 0 Å². The summed E-state index contributed by atoms with van der Waals surface area (Å²) in [5.74, 6) is -3.22. The Morgan fingerprint density at radius 2 is 1.87 bits per heavy atom. The van der Waals surface area contributed by atoms with Crippen molar-refractivity contribution in [3.8, 4) is 0 Å². The predicted molar refractivity (Wildman–Crippen MR) is 50.4 cm³/mol. The molecule has 0 fully saturated rings. The normalized spacial score (nSPS) is 11.9. The van der Waals surface area contributed by atoms with Crippen LogP contribution in [-0.4, -0.2) is 19.0 Å². The van der Waals surface area contributed by atoms with Gasteiger partial charge in [0.15, 0.2) is 5.92 Å². The number of hydrogen-bond acceptors (Lipinski definition) is 3. The minimum atomic E-state index is -1.18. The van der Waals surface area contributed by atoms with Crippen LogP contribution in [0.3, 0.4) is 0 Å². The van der Waals surface area contributed by atoms with Gasteiger partial charge in [-0.1, -0.05) is 12.1 Å². The minimum Gasteiger partial charge on any atom is -0.468 e. The van der Waals surface area contributed by atoms with Crippen molar-refractivity contribution in [3.05, 3.63) is 35.6 Å². The van der Waals surface area contributed by atoms with Crippen LogP contribution < -0.4 is 5.73 Å². The largest absolute Gasteiger partial charge is 0.468 e. The number of primary amides is 1. The van der Waals surface area contributed by atoms with Gasteiger partial charge in [-0.25, -0.2) is 4.39 Å². The molecule has 1 aromatic rings. The Labute approximate surface area is 85.8 Å². The van der Waals surface area contributed by atoms with Crippen LogP contribution in [-0.2, 0) is 14.3 Å². The molecule has 0 aliphatic heterocycles. The smallest absolute Gasteiger partial charge is 0.322 e. The fourth-order valence-corrected chi connectivity index (χ4v) is 1.19. The molecule has 0 aromatic heterocycles. The van der Waals surface area contributed by atoms with Crippen LogP contribution in [0.2, 0.25) is 0 Å². The van der Waals surface area contributed by atoms with E-state index < -0.39 is 23.6 Å². The van der Waals surface area contributed by atoms with Gasteiger partial charge in [0.05, 0.1) is 7.11 Å². The Kier molecular flexibility index (Phi) is 3.38. The first-order valence-corrected chi connectivity index (χ1v) is 4.19. The van der Waals surface area contributed by atoms with Crippen LogP contribution in [0.4, 0.5) is 4.39 Å². The summed E-state index contributed by atoms with van der Waals surface area (Å²) < 4.78 is 17.0. The molecular formula is C10H10FNO3. The highest BCUT2D eigenvalue weighted by atomic mass is 19.1. The van der Waals surface area contributed by atoms with E-state index in [0.29, 0.717) is 5.56 Å². The third-order valence-corrected chi connectivity index (χ3v) is 1.92. The number of hydrogen-bond donors (Lipinski definition) is 1. The summed E-state index contributed by atoms with van der Waals surface area (Å²) in [5, 5.41) is 0. The predicted octanol–water partition coefficient (Wildman–Crippen LogP) is 0.568. The zero-order valence-corrected chi connectivity index (χ0v) is 8.07. The van der Waals surface area contributed by atoms with Crippen molar-refractivity contribution in [1.82, 2.24) is 0 Å². The van der Waals surface area contributed by atoms with Gasteiger partial charge in [0, 0.05) is 0 Å². The zero-order valence-electron chi connectivity index (χ0n) is 8.07. The number of carbonyl (C=O) groups excluding carboxylic acids is 2. The number of halogens is 1. The first-order chi connectivity index (χ1) is 7.06. The first kappa shape index (κ1) is 11.2. The molecule has 0 saturated heterocycles. The Morgan fingerprint density at radius 3 is 2.27 bits per heavy atom. The molecule has 0 bridgehead atoms. The Balaban J connectivity index is 3.04.